The molecule has 0 aliphatic heterocycles. The third-order valence-corrected chi connectivity index (χ3v) is 5.17. The van der Waals surface area contributed by atoms with E-state index in [0.29, 0.717) is 5.69 Å². The smallest absolute Gasteiger partial charge is 0.269 e. The van der Waals surface area contributed by atoms with Gasteiger partial charge in [0, 0.05) is 7.05 Å². The SMILES string of the molecule is Cc1ccc(N(C)S(=O)(=O)c2c(N)cccc2F)c(C)c1. The highest BCUT2D eigenvalue weighted by atomic mass is 32.2. The molecule has 112 valence electrons. The number of hydrogen-bond acceptors (Lipinski definition) is 3. The quantitative estimate of drug-likeness (QED) is 0.887. The van der Waals surface area contributed by atoms with Crippen LogP contribution in [-0.4, -0.2) is 15.5 Å². The van der Waals surface area contributed by atoms with Gasteiger partial charge in [-0.3, -0.25) is 4.31 Å². The van der Waals surface area contributed by atoms with Gasteiger partial charge in [-0.1, -0.05) is 23.8 Å². The van der Waals surface area contributed by atoms with Gasteiger partial charge in [0.2, 0.25) is 0 Å². The molecule has 2 aromatic carbocycles. The van der Waals surface area contributed by atoms with E-state index in [0.717, 1.165) is 21.5 Å². The van der Waals surface area contributed by atoms with Crippen LogP contribution in [0.5, 0.6) is 0 Å². The molecule has 2 N–H and O–H groups in total. The molecule has 21 heavy (non-hydrogen) atoms. The summed E-state index contributed by atoms with van der Waals surface area (Å²) in [5, 5.41) is 0. The van der Waals surface area contributed by atoms with Crippen LogP contribution in [0.1, 0.15) is 11.1 Å². The summed E-state index contributed by atoms with van der Waals surface area (Å²) in [4.78, 5) is -0.493. The normalized spacial score (nSPS) is 11.4. The van der Waals surface area contributed by atoms with Gasteiger partial charge >= 0.3 is 0 Å². The first-order valence-electron chi connectivity index (χ1n) is 6.35. The third-order valence-electron chi connectivity index (χ3n) is 3.31. The van der Waals surface area contributed by atoms with Gasteiger partial charge in [-0.05, 0) is 37.6 Å². The number of benzene rings is 2. The Balaban J connectivity index is 2.58. The van der Waals surface area contributed by atoms with Gasteiger partial charge in [-0.25, -0.2) is 12.8 Å². The zero-order valence-electron chi connectivity index (χ0n) is 12.1. The van der Waals surface area contributed by atoms with Crippen LogP contribution in [0.2, 0.25) is 0 Å². The number of nitrogen functional groups attached to an aromatic ring is 1. The third kappa shape index (κ3) is 2.71. The average molecular weight is 308 g/mol. The molecule has 0 saturated heterocycles. The predicted molar refractivity (Wildman–Crippen MR) is 82.3 cm³/mol. The van der Waals surface area contributed by atoms with Crippen LogP contribution < -0.4 is 10.0 Å². The molecule has 0 aromatic heterocycles. The summed E-state index contributed by atoms with van der Waals surface area (Å²) in [5.41, 5.74) is 7.83. The number of rotatable bonds is 3. The maximum absolute atomic E-state index is 13.9. The van der Waals surface area contributed by atoms with Crippen molar-refractivity contribution in [1.29, 1.82) is 0 Å². The molecule has 0 radical (unpaired) electrons. The number of halogens is 1. The topological polar surface area (TPSA) is 63.4 Å². The van der Waals surface area contributed by atoms with Gasteiger partial charge in [0.15, 0.2) is 0 Å². The minimum absolute atomic E-state index is 0.105. The number of aryl methyl sites for hydroxylation is 2. The second kappa shape index (κ2) is 5.37. The molecule has 0 saturated carbocycles. The van der Waals surface area contributed by atoms with Crippen LogP contribution in [0, 0.1) is 19.7 Å². The molecule has 2 rings (SSSR count). The molecule has 0 aliphatic rings. The van der Waals surface area contributed by atoms with Crippen LogP contribution >= 0.6 is 0 Å². The first-order valence-corrected chi connectivity index (χ1v) is 7.79. The monoisotopic (exact) mass is 308 g/mol. The number of hydrogen-bond donors (Lipinski definition) is 1. The number of nitrogens with two attached hydrogens (primary N) is 1. The lowest BCUT2D eigenvalue weighted by Gasteiger charge is -2.22. The molecule has 4 nitrogen and oxygen atoms in total. The second-order valence-electron chi connectivity index (χ2n) is 4.92. The molecule has 0 unspecified atom stereocenters. The van der Waals surface area contributed by atoms with Crippen molar-refractivity contribution >= 4 is 21.4 Å². The van der Waals surface area contributed by atoms with Gasteiger partial charge in [0.05, 0.1) is 11.4 Å². The Bertz CT molecular complexity index is 768. The van der Waals surface area contributed by atoms with E-state index in [4.69, 9.17) is 5.73 Å². The highest BCUT2D eigenvalue weighted by molar-refractivity contribution is 7.93. The number of sulfonamides is 1. The molecule has 2 aromatic rings. The summed E-state index contributed by atoms with van der Waals surface area (Å²) in [7, 11) is -2.67. The van der Waals surface area contributed by atoms with E-state index in [1.165, 1.54) is 19.2 Å². The molecule has 0 fully saturated rings. The Morgan fingerprint density at radius 1 is 1.14 bits per heavy atom. The summed E-state index contributed by atoms with van der Waals surface area (Å²) in [5.74, 6) is -0.855. The molecule has 0 atom stereocenters. The van der Waals surface area contributed by atoms with Crippen molar-refractivity contribution in [2.45, 2.75) is 18.7 Å². The van der Waals surface area contributed by atoms with E-state index in [1.54, 1.807) is 19.1 Å². The van der Waals surface area contributed by atoms with Gasteiger partial charge in [-0.2, -0.15) is 0 Å². The lowest BCUT2D eigenvalue weighted by Crippen LogP contribution is -2.28. The fourth-order valence-electron chi connectivity index (χ4n) is 2.22. The lowest BCUT2D eigenvalue weighted by molar-refractivity contribution is 0.567. The summed E-state index contributed by atoms with van der Waals surface area (Å²) in [6, 6.07) is 9.19. The van der Waals surface area contributed by atoms with Crippen molar-refractivity contribution in [2.24, 2.45) is 0 Å². The van der Waals surface area contributed by atoms with Crippen molar-refractivity contribution in [3.05, 3.63) is 53.3 Å². The largest absolute Gasteiger partial charge is 0.398 e. The first kappa shape index (κ1) is 15.3. The van der Waals surface area contributed by atoms with Crippen molar-refractivity contribution in [2.75, 3.05) is 17.1 Å². The average Bonchev–Trinajstić information content (AvgIpc) is 2.37. The van der Waals surface area contributed by atoms with Gasteiger partial charge in [0.1, 0.15) is 10.7 Å². The Labute approximate surface area is 124 Å². The van der Waals surface area contributed by atoms with Crippen molar-refractivity contribution in [3.63, 3.8) is 0 Å². The van der Waals surface area contributed by atoms with Crippen molar-refractivity contribution in [3.8, 4) is 0 Å². The zero-order valence-corrected chi connectivity index (χ0v) is 12.9. The van der Waals surface area contributed by atoms with Crippen LogP contribution in [0.4, 0.5) is 15.8 Å². The summed E-state index contributed by atoms with van der Waals surface area (Å²) < 4.78 is 40.2. The second-order valence-corrected chi connectivity index (χ2v) is 6.83. The van der Waals surface area contributed by atoms with Crippen LogP contribution in [0.25, 0.3) is 0 Å². The van der Waals surface area contributed by atoms with Crippen molar-refractivity contribution in [1.82, 2.24) is 0 Å². The Morgan fingerprint density at radius 2 is 1.81 bits per heavy atom. The summed E-state index contributed by atoms with van der Waals surface area (Å²) in [6.07, 6.45) is 0. The minimum Gasteiger partial charge on any atom is -0.398 e. The van der Waals surface area contributed by atoms with Gasteiger partial charge in [-0.15, -0.1) is 0 Å². The molecule has 6 heteroatoms. The molecule has 0 aliphatic carbocycles. The van der Waals surface area contributed by atoms with Gasteiger partial charge in [0.25, 0.3) is 10.0 Å². The van der Waals surface area contributed by atoms with Crippen LogP contribution in [0.3, 0.4) is 0 Å². The molecule has 0 amide bonds. The fraction of sp³-hybridized carbons (Fsp3) is 0.200. The minimum atomic E-state index is -4.06. The Hall–Kier alpha value is -2.08. The van der Waals surface area contributed by atoms with Crippen LogP contribution in [-0.2, 0) is 10.0 Å². The van der Waals surface area contributed by atoms with E-state index in [9.17, 15) is 12.8 Å². The summed E-state index contributed by atoms with van der Waals surface area (Å²) >= 11 is 0. The maximum atomic E-state index is 13.9. The lowest BCUT2D eigenvalue weighted by atomic mass is 10.1. The van der Waals surface area contributed by atoms with E-state index in [1.807, 2.05) is 13.0 Å². The first-order chi connectivity index (χ1) is 9.75. The highest BCUT2D eigenvalue weighted by Gasteiger charge is 2.28. The number of nitrogens with zero attached hydrogens (tertiary/aromatic N) is 1. The molecule has 0 heterocycles. The standard InChI is InChI=1S/C15H17FN2O2S/c1-10-7-8-14(11(2)9-10)18(3)21(19,20)15-12(16)5-4-6-13(15)17/h4-9H,17H2,1-3H3. The highest BCUT2D eigenvalue weighted by Crippen LogP contribution is 2.30. The predicted octanol–water partition coefficient (Wildman–Crippen LogP) is 2.85. The Morgan fingerprint density at radius 3 is 2.38 bits per heavy atom. The fourth-order valence-corrected chi connectivity index (χ4v) is 3.64. The van der Waals surface area contributed by atoms with E-state index in [2.05, 4.69) is 0 Å². The van der Waals surface area contributed by atoms with Gasteiger partial charge < -0.3 is 5.73 Å². The molecular weight excluding hydrogens is 291 g/mol. The zero-order chi connectivity index (χ0) is 15.8. The molecule has 0 spiro atoms. The van der Waals surface area contributed by atoms with E-state index < -0.39 is 20.7 Å². The number of anilines is 2. The maximum Gasteiger partial charge on any atom is 0.269 e. The molecular formula is C15H17FN2O2S. The van der Waals surface area contributed by atoms with Crippen molar-refractivity contribution < 1.29 is 12.8 Å². The van der Waals surface area contributed by atoms with E-state index in [-0.39, 0.29) is 5.69 Å². The Kier molecular flexibility index (Phi) is 3.91. The summed E-state index contributed by atoms with van der Waals surface area (Å²) in [6.45, 7) is 3.72. The van der Waals surface area contributed by atoms with E-state index >= 15 is 0 Å². The molecule has 0 bridgehead atoms. The van der Waals surface area contributed by atoms with Crippen LogP contribution in [0.15, 0.2) is 41.3 Å².